The molecular weight excluding hydrogens is 239 g/mol. The van der Waals surface area contributed by atoms with E-state index in [0.717, 1.165) is 25.1 Å². The first-order valence-electron chi connectivity index (χ1n) is 7.51. The molecule has 1 fully saturated rings. The molecule has 2 nitrogen and oxygen atoms in total. The topological polar surface area (TPSA) is 15.3 Å². The van der Waals surface area contributed by atoms with Crippen LogP contribution >= 0.6 is 0 Å². The zero-order chi connectivity index (χ0) is 13.5. The van der Waals surface area contributed by atoms with E-state index in [1.165, 1.54) is 32.4 Å². The van der Waals surface area contributed by atoms with E-state index < -0.39 is 0 Å². The summed E-state index contributed by atoms with van der Waals surface area (Å²) >= 11 is 0. The molecule has 1 heterocycles. The number of piperidine rings is 1. The molecule has 0 amide bonds. The quantitative estimate of drug-likeness (QED) is 0.847. The monoisotopic (exact) mass is 264 g/mol. The van der Waals surface area contributed by atoms with Gasteiger partial charge in [-0.05, 0) is 38.4 Å². The molecule has 1 aromatic carbocycles. The lowest BCUT2D eigenvalue weighted by Crippen LogP contribution is -2.37. The van der Waals surface area contributed by atoms with Crippen LogP contribution in [0.25, 0.3) is 0 Å². The molecule has 1 unspecified atom stereocenters. The van der Waals surface area contributed by atoms with Crippen LogP contribution in [0.15, 0.2) is 24.3 Å². The van der Waals surface area contributed by atoms with Gasteiger partial charge in [0, 0.05) is 24.7 Å². The fraction of sp³-hybridized carbons (Fsp3) is 0.625. The normalized spacial score (nSPS) is 18.4. The van der Waals surface area contributed by atoms with Crippen molar-refractivity contribution in [2.24, 2.45) is 0 Å². The highest BCUT2D eigenvalue weighted by Gasteiger charge is 2.14. The molecule has 0 saturated carbocycles. The SMILES string of the molecule is CCC(NCCN1CCCCC1)c1ccccc1F. The average Bonchev–Trinajstić information content (AvgIpc) is 2.46. The molecule has 1 atom stereocenters. The minimum atomic E-state index is -0.0974. The zero-order valence-electron chi connectivity index (χ0n) is 11.9. The van der Waals surface area contributed by atoms with Gasteiger partial charge in [0.25, 0.3) is 0 Å². The van der Waals surface area contributed by atoms with Gasteiger partial charge in [-0.2, -0.15) is 0 Å². The third-order valence-corrected chi connectivity index (χ3v) is 3.96. The number of likely N-dealkylation sites (tertiary alicyclic amines) is 1. The van der Waals surface area contributed by atoms with Crippen molar-refractivity contribution in [1.29, 1.82) is 0 Å². The van der Waals surface area contributed by atoms with Gasteiger partial charge in [-0.1, -0.05) is 31.5 Å². The van der Waals surface area contributed by atoms with Crippen molar-refractivity contribution >= 4 is 0 Å². The molecule has 0 aliphatic carbocycles. The Balaban J connectivity index is 1.81. The summed E-state index contributed by atoms with van der Waals surface area (Å²) in [5.74, 6) is -0.0974. The summed E-state index contributed by atoms with van der Waals surface area (Å²) in [6.45, 7) is 6.55. The van der Waals surface area contributed by atoms with E-state index >= 15 is 0 Å². The Morgan fingerprint density at radius 3 is 2.63 bits per heavy atom. The molecule has 1 saturated heterocycles. The Morgan fingerprint density at radius 2 is 1.95 bits per heavy atom. The standard InChI is InChI=1S/C16H25FN2/c1-2-16(14-8-4-5-9-15(14)17)18-10-13-19-11-6-3-7-12-19/h4-5,8-9,16,18H,2-3,6-7,10-13H2,1H3. The van der Waals surface area contributed by atoms with Crippen LogP contribution in [0.4, 0.5) is 4.39 Å². The molecular formula is C16H25FN2. The van der Waals surface area contributed by atoms with E-state index in [2.05, 4.69) is 17.1 Å². The van der Waals surface area contributed by atoms with Crippen molar-refractivity contribution in [1.82, 2.24) is 10.2 Å². The van der Waals surface area contributed by atoms with Crippen molar-refractivity contribution in [2.45, 2.75) is 38.6 Å². The predicted octanol–water partition coefficient (Wildman–Crippen LogP) is 3.35. The van der Waals surface area contributed by atoms with Gasteiger partial charge in [0.2, 0.25) is 0 Å². The van der Waals surface area contributed by atoms with Gasteiger partial charge in [0.1, 0.15) is 5.82 Å². The molecule has 1 aliphatic rings. The largest absolute Gasteiger partial charge is 0.309 e. The highest BCUT2D eigenvalue weighted by molar-refractivity contribution is 5.21. The lowest BCUT2D eigenvalue weighted by Gasteiger charge is -2.27. The third kappa shape index (κ3) is 4.29. The molecule has 0 spiro atoms. The Labute approximate surface area is 116 Å². The molecule has 3 heteroatoms. The predicted molar refractivity (Wildman–Crippen MR) is 77.7 cm³/mol. The summed E-state index contributed by atoms with van der Waals surface area (Å²) < 4.78 is 13.8. The maximum atomic E-state index is 13.8. The van der Waals surface area contributed by atoms with Gasteiger partial charge < -0.3 is 10.2 Å². The van der Waals surface area contributed by atoms with Gasteiger partial charge in [-0.3, -0.25) is 0 Å². The second kappa shape index (κ2) is 7.61. The Morgan fingerprint density at radius 1 is 1.21 bits per heavy atom. The number of nitrogens with zero attached hydrogens (tertiary/aromatic N) is 1. The molecule has 0 bridgehead atoms. The molecule has 106 valence electrons. The van der Waals surface area contributed by atoms with Gasteiger partial charge in [-0.15, -0.1) is 0 Å². The Hall–Kier alpha value is -0.930. The van der Waals surface area contributed by atoms with Crippen LogP contribution < -0.4 is 5.32 Å². The third-order valence-electron chi connectivity index (χ3n) is 3.96. The summed E-state index contributed by atoms with van der Waals surface area (Å²) in [5.41, 5.74) is 0.795. The van der Waals surface area contributed by atoms with E-state index in [0.29, 0.717) is 0 Å². The van der Waals surface area contributed by atoms with Crippen LogP contribution in [0.3, 0.4) is 0 Å². The lowest BCUT2D eigenvalue weighted by molar-refractivity contribution is 0.225. The maximum absolute atomic E-state index is 13.8. The minimum absolute atomic E-state index is 0.0974. The summed E-state index contributed by atoms with van der Waals surface area (Å²) in [7, 11) is 0. The molecule has 2 rings (SSSR count). The first-order chi connectivity index (χ1) is 9.31. The van der Waals surface area contributed by atoms with E-state index in [4.69, 9.17) is 0 Å². The number of halogens is 1. The summed E-state index contributed by atoms with van der Waals surface area (Å²) in [6.07, 6.45) is 4.94. The highest BCUT2D eigenvalue weighted by atomic mass is 19.1. The average molecular weight is 264 g/mol. The molecule has 1 aliphatic heterocycles. The second-order valence-electron chi connectivity index (χ2n) is 5.34. The van der Waals surface area contributed by atoms with Crippen LogP contribution in [0.5, 0.6) is 0 Å². The van der Waals surface area contributed by atoms with Crippen LogP contribution in [-0.4, -0.2) is 31.1 Å². The molecule has 1 aromatic rings. The Kier molecular flexibility index (Phi) is 5.80. The molecule has 0 radical (unpaired) electrons. The van der Waals surface area contributed by atoms with Crippen molar-refractivity contribution in [3.05, 3.63) is 35.6 Å². The zero-order valence-corrected chi connectivity index (χ0v) is 11.9. The molecule has 0 aromatic heterocycles. The van der Waals surface area contributed by atoms with Gasteiger partial charge in [0.15, 0.2) is 0 Å². The fourth-order valence-corrected chi connectivity index (χ4v) is 2.81. The fourth-order valence-electron chi connectivity index (χ4n) is 2.81. The first-order valence-corrected chi connectivity index (χ1v) is 7.51. The lowest BCUT2D eigenvalue weighted by atomic mass is 10.0. The van der Waals surface area contributed by atoms with E-state index in [1.54, 1.807) is 12.1 Å². The second-order valence-corrected chi connectivity index (χ2v) is 5.34. The summed E-state index contributed by atoms with van der Waals surface area (Å²) in [4.78, 5) is 2.50. The van der Waals surface area contributed by atoms with E-state index in [9.17, 15) is 4.39 Å². The van der Waals surface area contributed by atoms with Crippen LogP contribution in [0.2, 0.25) is 0 Å². The number of benzene rings is 1. The van der Waals surface area contributed by atoms with Gasteiger partial charge in [0.05, 0.1) is 0 Å². The summed E-state index contributed by atoms with van der Waals surface area (Å²) in [5, 5.41) is 3.49. The highest BCUT2D eigenvalue weighted by Crippen LogP contribution is 2.19. The van der Waals surface area contributed by atoms with E-state index in [1.807, 2.05) is 12.1 Å². The molecule has 19 heavy (non-hydrogen) atoms. The number of rotatable bonds is 6. The van der Waals surface area contributed by atoms with Crippen molar-refractivity contribution in [3.63, 3.8) is 0 Å². The number of hydrogen-bond donors (Lipinski definition) is 1. The van der Waals surface area contributed by atoms with Crippen LogP contribution in [0.1, 0.15) is 44.2 Å². The number of nitrogens with one attached hydrogen (secondary N) is 1. The van der Waals surface area contributed by atoms with Gasteiger partial charge >= 0.3 is 0 Å². The van der Waals surface area contributed by atoms with Crippen molar-refractivity contribution < 1.29 is 4.39 Å². The van der Waals surface area contributed by atoms with Gasteiger partial charge in [-0.25, -0.2) is 4.39 Å². The first kappa shape index (κ1) is 14.5. The number of hydrogen-bond acceptors (Lipinski definition) is 2. The summed E-state index contributed by atoms with van der Waals surface area (Å²) in [6, 6.07) is 7.22. The smallest absolute Gasteiger partial charge is 0.127 e. The van der Waals surface area contributed by atoms with Crippen molar-refractivity contribution in [2.75, 3.05) is 26.2 Å². The van der Waals surface area contributed by atoms with Crippen LogP contribution in [-0.2, 0) is 0 Å². The van der Waals surface area contributed by atoms with Crippen molar-refractivity contribution in [3.8, 4) is 0 Å². The molecule has 1 N–H and O–H groups in total. The van der Waals surface area contributed by atoms with E-state index in [-0.39, 0.29) is 11.9 Å². The minimum Gasteiger partial charge on any atom is -0.309 e. The maximum Gasteiger partial charge on any atom is 0.127 e. The Bertz CT molecular complexity index is 375. The van der Waals surface area contributed by atoms with Crippen LogP contribution in [0, 0.1) is 5.82 Å².